The van der Waals surface area contributed by atoms with Crippen molar-refractivity contribution in [1.29, 1.82) is 0 Å². The summed E-state index contributed by atoms with van der Waals surface area (Å²) in [5, 5.41) is 19.1. The zero-order valence-electron chi connectivity index (χ0n) is 19.8. The molecule has 8 nitrogen and oxygen atoms in total. The fourth-order valence-corrected chi connectivity index (χ4v) is 3.80. The van der Waals surface area contributed by atoms with Crippen molar-refractivity contribution in [3.63, 3.8) is 0 Å². The maximum Gasteiger partial charge on any atom is 0.335 e. The molecule has 36 heavy (non-hydrogen) atoms. The molecule has 0 aliphatic heterocycles. The van der Waals surface area contributed by atoms with Gasteiger partial charge in [-0.05, 0) is 68.0 Å². The van der Waals surface area contributed by atoms with E-state index in [0.29, 0.717) is 23.7 Å². The van der Waals surface area contributed by atoms with Gasteiger partial charge in [-0.2, -0.15) is 0 Å². The number of ether oxygens (including phenoxy) is 2. The van der Waals surface area contributed by atoms with E-state index in [4.69, 9.17) is 14.6 Å². The molecule has 8 heteroatoms. The number of hydrogen-bond donors (Lipinski definition) is 3. The van der Waals surface area contributed by atoms with Crippen molar-refractivity contribution in [1.82, 2.24) is 9.97 Å². The number of hydrogen-bond acceptors (Lipinski definition) is 6. The number of aromatic carboxylic acids is 1. The van der Waals surface area contributed by atoms with E-state index < -0.39 is 17.9 Å². The van der Waals surface area contributed by atoms with Crippen LogP contribution < -0.4 is 4.74 Å². The molecule has 0 radical (unpaired) electrons. The van der Waals surface area contributed by atoms with E-state index >= 15 is 0 Å². The largest absolute Gasteiger partial charge is 0.507 e. The number of phenolic OH excluding ortho intramolecular Hbond substituents is 1. The number of carboxylic acids is 1. The zero-order valence-corrected chi connectivity index (χ0v) is 19.8. The summed E-state index contributed by atoms with van der Waals surface area (Å²) in [6.07, 6.45) is 2.13. The number of benzene rings is 3. The average molecular weight is 487 g/mol. The molecule has 4 rings (SSSR count). The van der Waals surface area contributed by atoms with Gasteiger partial charge in [0.25, 0.3) is 0 Å². The number of carboxylic acid groups (broad SMARTS) is 1. The van der Waals surface area contributed by atoms with E-state index in [1.54, 1.807) is 18.2 Å². The molecular weight excluding hydrogens is 460 g/mol. The van der Waals surface area contributed by atoms with E-state index in [9.17, 15) is 14.7 Å². The highest BCUT2D eigenvalue weighted by atomic mass is 16.5. The minimum atomic E-state index is -1.18. The van der Waals surface area contributed by atoms with Crippen molar-refractivity contribution in [2.45, 2.75) is 26.1 Å². The standard InChI is InChI=1S/C28H26N2O6/c1-3-35-17(2)26(27-29-22-9-4-5-10-23(22)30-27)36-20-8-6-7-18(15-20)11-14-24(31)21-13-12-19(28(33)34)16-25(21)32/h4-17,26,32H,3H2,1-2H3,(H,29,30)(H,33,34). The number of carbonyl (C=O) groups is 2. The van der Waals surface area contributed by atoms with Gasteiger partial charge >= 0.3 is 5.97 Å². The van der Waals surface area contributed by atoms with Gasteiger partial charge in [0.2, 0.25) is 0 Å². The highest BCUT2D eigenvalue weighted by Crippen LogP contribution is 2.28. The summed E-state index contributed by atoms with van der Waals surface area (Å²) in [7, 11) is 0. The van der Waals surface area contributed by atoms with E-state index in [2.05, 4.69) is 9.97 Å². The van der Waals surface area contributed by atoms with Crippen LogP contribution in [0.4, 0.5) is 0 Å². The van der Waals surface area contributed by atoms with Crippen LogP contribution >= 0.6 is 0 Å². The SMILES string of the molecule is CCOC(C)C(Oc1cccc(C=CC(=O)c2ccc(C(=O)O)cc2O)c1)c1nc2ccccc2[nH]1. The molecule has 2 unspecified atom stereocenters. The predicted octanol–water partition coefficient (Wildman–Crippen LogP) is 5.41. The average Bonchev–Trinajstić information content (AvgIpc) is 3.30. The fraction of sp³-hybridized carbons (Fsp3) is 0.179. The Morgan fingerprint density at radius 3 is 2.61 bits per heavy atom. The first kappa shape index (κ1) is 24.7. The third-order valence-electron chi connectivity index (χ3n) is 5.59. The molecule has 0 amide bonds. The lowest BCUT2D eigenvalue weighted by Gasteiger charge is -2.23. The number of nitrogens with zero attached hydrogens (tertiary/aromatic N) is 1. The lowest BCUT2D eigenvalue weighted by atomic mass is 10.1. The highest BCUT2D eigenvalue weighted by Gasteiger charge is 2.25. The first-order valence-electron chi connectivity index (χ1n) is 11.5. The Labute approximate surface area is 207 Å². The Hall–Kier alpha value is -4.43. The number of rotatable bonds is 10. The molecule has 0 bridgehead atoms. The number of carbonyl (C=O) groups excluding carboxylic acids is 1. The third-order valence-corrected chi connectivity index (χ3v) is 5.59. The summed E-state index contributed by atoms with van der Waals surface area (Å²) in [4.78, 5) is 31.6. The van der Waals surface area contributed by atoms with Gasteiger partial charge in [0.05, 0.1) is 28.3 Å². The molecule has 2 atom stereocenters. The topological polar surface area (TPSA) is 122 Å². The van der Waals surface area contributed by atoms with Crippen LogP contribution in [-0.4, -0.2) is 44.6 Å². The summed E-state index contributed by atoms with van der Waals surface area (Å²) in [6, 6.07) is 18.6. The number of aromatic amines is 1. The van der Waals surface area contributed by atoms with Crippen LogP contribution in [-0.2, 0) is 4.74 Å². The summed E-state index contributed by atoms with van der Waals surface area (Å²) in [5.41, 5.74) is 2.35. The van der Waals surface area contributed by atoms with Crippen molar-refractivity contribution in [2.75, 3.05) is 6.61 Å². The van der Waals surface area contributed by atoms with Gasteiger partial charge in [-0.3, -0.25) is 4.79 Å². The second kappa shape index (κ2) is 10.9. The number of phenols is 1. The van der Waals surface area contributed by atoms with Gasteiger partial charge in [-0.15, -0.1) is 0 Å². The number of allylic oxidation sites excluding steroid dienone is 1. The first-order valence-corrected chi connectivity index (χ1v) is 11.5. The number of H-pyrrole nitrogens is 1. The molecule has 3 N–H and O–H groups in total. The lowest BCUT2D eigenvalue weighted by Crippen LogP contribution is -2.25. The lowest BCUT2D eigenvalue weighted by molar-refractivity contribution is -0.0136. The van der Waals surface area contributed by atoms with Gasteiger partial charge in [-0.1, -0.05) is 30.3 Å². The number of nitrogens with one attached hydrogen (secondary N) is 1. The molecule has 3 aromatic carbocycles. The number of imidazole rings is 1. The maximum absolute atomic E-state index is 12.6. The molecule has 0 spiro atoms. The minimum Gasteiger partial charge on any atom is -0.507 e. The molecule has 1 heterocycles. The Morgan fingerprint density at radius 2 is 1.89 bits per heavy atom. The van der Waals surface area contributed by atoms with Gasteiger partial charge in [-0.25, -0.2) is 9.78 Å². The van der Waals surface area contributed by atoms with Crippen LogP contribution in [0.15, 0.2) is 72.8 Å². The van der Waals surface area contributed by atoms with Crippen LogP contribution in [0, 0.1) is 0 Å². The van der Waals surface area contributed by atoms with Crippen LogP contribution in [0.3, 0.4) is 0 Å². The monoisotopic (exact) mass is 486 g/mol. The molecule has 0 saturated carbocycles. The number of para-hydroxylation sites is 2. The Balaban J connectivity index is 1.54. The van der Waals surface area contributed by atoms with Gasteiger partial charge < -0.3 is 24.7 Å². The van der Waals surface area contributed by atoms with Gasteiger partial charge in [0.1, 0.15) is 11.5 Å². The minimum absolute atomic E-state index is 0.0131. The molecule has 0 fully saturated rings. The van der Waals surface area contributed by atoms with Crippen molar-refractivity contribution >= 4 is 28.9 Å². The number of aromatic nitrogens is 2. The van der Waals surface area contributed by atoms with Crippen LogP contribution in [0.25, 0.3) is 17.1 Å². The van der Waals surface area contributed by atoms with Crippen LogP contribution in [0.1, 0.15) is 52.1 Å². The Kier molecular flexibility index (Phi) is 7.46. The smallest absolute Gasteiger partial charge is 0.335 e. The zero-order chi connectivity index (χ0) is 25.7. The number of aromatic hydroxyl groups is 1. The second-order valence-electron chi connectivity index (χ2n) is 8.15. The van der Waals surface area contributed by atoms with E-state index in [1.165, 1.54) is 18.2 Å². The molecule has 184 valence electrons. The van der Waals surface area contributed by atoms with Crippen LogP contribution in [0.2, 0.25) is 0 Å². The van der Waals surface area contributed by atoms with E-state index in [1.807, 2.05) is 50.2 Å². The number of fused-ring (bicyclic) bond motifs is 1. The maximum atomic E-state index is 12.6. The van der Waals surface area contributed by atoms with Gasteiger partial charge in [0.15, 0.2) is 17.7 Å². The highest BCUT2D eigenvalue weighted by molar-refractivity contribution is 6.09. The predicted molar refractivity (Wildman–Crippen MR) is 135 cm³/mol. The molecule has 4 aromatic rings. The molecule has 0 saturated heterocycles. The summed E-state index contributed by atoms with van der Waals surface area (Å²) in [6.45, 7) is 4.36. The van der Waals surface area contributed by atoms with Crippen LogP contribution in [0.5, 0.6) is 11.5 Å². The molecular formula is C28H26N2O6. The van der Waals surface area contributed by atoms with Crippen molar-refractivity contribution in [3.8, 4) is 11.5 Å². The quantitative estimate of drug-likeness (QED) is 0.202. The molecule has 0 aliphatic rings. The van der Waals surface area contributed by atoms with Crippen molar-refractivity contribution < 1.29 is 29.3 Å². The Morgan fingerprint density at radius 1 is 1.08 bits per heavy atom. The molecule has 1 aromatic heterocycles. The second-order valence-corrected chi connectivity index (χ2v) is 8.15. The van der Waals surface area contributed by atoms with Crippen molar-refractivity contribution in [3.05, 3.63) is 95.3 Å². The van der Waals surface area contributed by atoms with Gasteiger partial charge in [0, 0.05) is 6.61 Å². The first-order chi connectivity index (χ1) is 17.4. The summed E-state index contributed by atoms with van der Waals surface area (Å²) in [5.74, 6) is -0.818. The summed E-state index contributed by atoms with van der Waals surface area (Å²) >= 11 is 0. The van der Waals surface area contributed by atoms with Crippen molar-refractivity contribution in [2.24, 2.45) is 0 Å². The third kappa shape index (κ3) is 5.61. The van der Waals surface area contributed by atoms with E-state index in [0.717, 1.165) is 17.1 Å². The normalized spacial score (nSPS) is 13.1. The van der Waals surface area contributed by atoms with E-state index in [-0.39, 0.29) is 23.0 Å². The Bertz CT molecular complexity index is 1390. The molecule has 0 aliphatic carbocycles. The summed E-state index contributed by atoms with van der Waals surface area (Å²) < 4.78 is 12.1. The fourth-order valence-electron chi connectivity index (χ4n) is 3.80. The number of ketones is 1.